The van der Waals surface area contributed by atoms with Gasteiger partial charge in [-0.25, -0.2) is 0 Å². The number of methoxy groups -OCH3 is 1. The van der Waals surface area contributed by atoms with Gasteiger partial charge in [0, 0.05) is 44.0 Å². The van der Waals surface area contributed by atoms with Crippen LogP contribution < -0.4 is 14.5 Å². The first-order valence-electron chi connectivity index (χ1n) is 9.37. The summed E-state index contributed by atoms with van der Waals surface area (Å²) in [4.78, 5) is 9.36. The standard InChI is InChI=1S/C21H25N5O/c1-15-13-22-20-17(8-4-9-18(20)27-3)21(15)25(2)16-7-6-12-26(14-16)19-10-5-11-23-24-19/h4-5,8-11,13,16H,6-7,12,14H2,1-3H3. The first-order valence-corrected chi connectivity index (χ1v) is 9.37. The second kappa shape index (κ2) is 7.39. The van der Waals surface area contributed by atoms with Crippen molar-refractivity contribution in [3.63, 3.8) is 0 Å². The number of pyridine rings is 1. The van der Waals surface area contributed by atoms with Gasteiger partial charge in [-0.2, -0.15) is 5.10 Å². The number of para-hydroxylation sites is 1. The Balaban J connectivity index is 1.68. The van der Waals surface area contributed by atoms with Crippen molar-refractivity contribution < 1.29 is 4.74 Å². The van der Waals surface area contributed by atoms with Crippen LogP contribution in [0.3, 0.4) is 0 Å². The molecule has 1 saturated heterocycles. The van der Waals surface area contributed by atoms with E-state index < -0.39 is 0 Å². The summed E-state index contributed by atoms with van der Waals surface area (Å²) in [6.45, 7) is 4.08. The number of likely N-dealkylation sites (N-methyl/N-ethyl adjacent to an activating group) is 1. The number of hydrogen-bond acceptors (Lipinski definition) is 6. The zero-order valence-corrected chi connectivity index (χ0v) is 16.1. The maximum absolute atomic E-state index is 5.52. The smallest absolute Gasteiger partial charge is 0.151 e. The molecule has 4 rings (SSSR count). The number of benzene rings is 1. The van der Waals surface area contributed by atoms with Gasteiger partial charge in [-0.05, 0) is 43.5 Å². The fourth-order valence-corrected chi connectivity index (χ4v) is 4.04. The maximum Gasteiger partial charge on any atom is 0.151 e. The van der Waals surface area contributed by atoms with E-state index in [4.69, 9.17) is 4.74 Å². The van der Waals surface area contributed by atoms with Gasteiger partial charge in [-0.1, -0.05) is 12.1 Å². The molecule has 3 heterocycles. The van der Waals surface area contributed by atoms with Crippen LogP contribution in [-0.2, 0) is 0 Å². The fraction of sp³-hybridized carbons (Fsp3) is 0.381. The van der Waals surface area contributed by atoms with Crippen LogP contribution in [0.25, 0.3) is 10.9 Å². The maximum atomic E-state index is 5.52. The second-order valence-electron chi connectivity index (χ2n) is 7.08. The molecule has 6 nitrogen and oxygen atoms in total. The lowest BCUT2D eigenvalue weighted by molar-refractivity contribution is 0.419. The van der Waals surface area contributed by atoms with E-state index in [-0.39, 0.29) is 0 Å². The van der Waals surface area contributed by atoms with Crippen LogP contribution in [0.2, 0.25) is 0 Å². The van der Waals surface area contributed by atoms with Gasteiger partial charge >= 0.3 is 0 Å². The number of piperidine rings is 1. The Kier molecular flexibility index (Phi) is 4.79. The van der Waals surface area contributed by atoms with E-state index in [2.05, 4.69) is 45.0 Å². The largest absolute Gasteiger partial charge is 0.494 e. The third-order valence-electron chi connectivity index (χ3n) is 5.41. The van der Waals surface area contributed by atoms with Crippen molar-refractivity contribution in [1.29, 1.82) is 0 Å². The Labute approximate surface area is 159 Å². The van der Waals surface area contributed by atoms with E-state index in [1.165, 1.54) is 11.3 Å². The van der Waals surface area contributed by atoms with Crippen molar-refractivity contribution in [2.75, 3.05) is 37.0 Å². The molecule has 1 aliphatic heterocycles. The third-order valence-corrected chi connectivity index (χ3v) is 5.41. The minimum absolute atomic E-state index is 0.399. The molecule has 2 aromatic heterocycles. The van der Waals surface area contributed by atoms with Crippen molar-refractivity contribution in [2.24, 2.45) is 0 Å². The lowest BCUT2D eigenvalue weighted by Gasteiger charge is -2.39. The molecule has 6 heteroatoms. The molecule has 0 aliphatic carbocycles. The Morgan fingerprint density at radius 3 is 2.89 bits per heavy atom. The first kappa shape index (κ1) is 17.5. The van der Waals surface area contributed by atoms with E-state index in [9.17, 15) is 0 Å². The highest BCUT2D eigenvalue weighted by Gasteiger charge is 2.26. The molecule has 1 aromatic carbocycles. The average molecular weight is 363 g/mol. The van der Waals surface area contributed by atoms with Gasteiger partial charge in [0.05, 0.1) is 12.8 Å². The molecule has 3 aromatic rings. The lowest BCUT2D eigenvalue weighted by Crippen LogP contribution is -2.47. The number of aryl methyl sites for hydroxylation is 1. The average Bonchev–Trinajstić information content (AvgIpc) is 2.73. The molecule has 0 spiro atoms. The normalized spacial score (nSPS) is 17.1. The predicted molar refractivity (Wildman–Crippen MR) is 109 cm³/mol. The fourth-order valence-electron chi connectivity index (χ4n) is 4.04. The van der Waals surface area contributed by atoms with Gasteiger partial charge < -0.3 is 14.5 Å². The molecule has 27 heavy (non-hydrogen) atoms. The number of aromatic nitrogens is 3. The van der Waals surface area contributed by atoms with Crippen LogP contribution in [0.5, 0.6) is 5.75 Å². The zero-order chi connectivity index (χ0) is 18.8. The number of nitrogens with zero attached hydrogens (tertiary/aromatic N) is 5. The molecule has 0 bridgehead atoms. The van der Waals surface area contributed by atoms with Crippen LogP contribution in [0.15, 0.2) is 42.7 Å². The van der Waals surface area contributed by atoms with Crippen LogP contribution in [0.1, 0.15) is 18.4 Å². The highest BCUT2D eigenvalue weighted by Crippen LogP contribution is 2.35. The lowest BCUT2D eigenvalue weighted by atomic mass is 10.0. The van der Waals surface area contributed by atoms with Crippen molar-refractivity contribution in [1.82, 2.24) is 15.2 Å². The molecule has 1 atom stereocenters. The van der Waals surface area contributed by atoms with Crippen molar-refractivity contribution in [3.8, 4) is 5.75 Å². The Bertz CT molecular complexity index is 931. The summed E-state index contributed by atoms with van der Waals surface area (Å²) in [6, 6.07) is 10.5. The summed E-state index contributed by atoms with van der Waals surface area (Å²) in [7, 11) is 3.88. The molecule has 1 fully saturated rings. The topological polar surface area (TPSA) is 54.4 Å². The first-order chi connectivity index (χ1) is 13.2. The monoisotopic (exact) mass is 363 g/mol. The molecule has 1 aliphatic rings. The molecule has 140 valence electrons. The van der Waals surface area contributed by atoms with E-state index in [0.29, 0.717) is 6.04 Å². The van der Waals surface area contributed by atoms with E-state index in [1.54, 1.807) is 13.3 Å². The highest BCUT2D eigenvalue weighted by atomic mass is 16.5. The van der Waals surface area contributed by atoms with Gasteiger partial charge in [0.1, 0.15) is 11.3 Å². The number of hydrogen-bond donors (Lipinski definition) is 0. The summed E-state index contributed by atoms with van der Waals surface area (Å²) in [6.07, 6.45) is 5.95. The van der Waals surface area contributed by atoms with Gasteiger partial charge in [0.15, 0.2) is 5.82 Å². The molecule has 0 radical (unpaired) electrons. The van der Waals surface area contributed by atoms with Crippen LogP contribution in [0, 0.1) is 6.92 Å². The Morgan fingerprint density at radius 1 is 1.22 bits per heavy atom. The molecule has 0 N–H and O–H groups in total. The number of rotatable bonds is 4. The minimum Gasteiger partial charge on any atom is -0.494 e. The van der Waals surface area contributed by atoms with Crippen LogP contribution >= 0.6 is 0 Å². The number of fused-ring (bicyclic) bond motifs is 1. The molecule has 0 amide bonds. The minimum atomic E-state index is 0.399. The van der Waals surface area contributed by atoms with Gasteiger partial charge in [0.2, 0.25) is 0 Å². The Hall–Kier alpha value is -2.89. The van der Waals surface area contributed by atoms with Gasteiger partial charge in [-0.15, -0.1) is 5.10 Å². The third kappa shape index (κ3) is 3.27. The number of anilines is 2. The van der Waals surface area contributed by atoms with E-state index in [0.717, 1.165) is 48.4 Å². The SMILES string of the molecule is COc1cccc2c(N(C)C3CCCN(c4cccnn4)C3)c(C)cnc12. The van der Waals surface area contributed by atoms with E-state index >= 15 is 0 Å². The van der Waals surface area contributed by atoms with Crippen molar-refractivity contribution in [3.05, 3.63) is 48.3 Å². The number of ether oxygens (including phenoxy) is 1. The zero-order valence-electron chi connectivity index (χ0n) is 16.1. The molecule has 1 unspecified atom stereocenters. The summed E-state index contributed by atoms with van der Waals surface area (Å²) in [5.41, 5.74) is 3.31. The van der Waals surface area contributed by atoms with Gasteiger partial charge in [0.25, 0.3) is 0 Å². The van der Waals surface area contributed by atoms with Crippen LogP contribution in [-0.4, -0.2) is 48.5 Å². The highest BCUT2D eigenvalue weighted by molar-refractivity contribution is 5.96. The summed E-state index contributed by atoms with van der Waals surface area (Å²) in [5, 5.41) is 9.46. The Morgan fingerprint density at radius 2 is 2.11 bits per heavy atom. The molecule has 0 saturated carbocycles. The van der Waals surface area contributed by atoms with Crippen molar-refractivity contribution >= 4 is 22.4 Å². The summed E-state index contributed by atoms with van der Waals surface area (Å²) < 4.78 is 5.52. The molecular formula is C21H25N5O. The van der Waals surface area contributed by atoms with Crippen LogP contribution in [0.4, 0.5) is 11.5 Å². The predicted octanol–water partition coefficient (Wildman–Crippen LogP) is 3.45. The summed E-state index contributed by atoms with van der Waals surface area (Å²) >= 11 is 0. The molecular weight excluding hydrogens is 338 g/mol. The van der Waals surface area contributed by atoms with Crippen molar-refractivity contribution in [2.45, 2.75) is 25.8 Å². The van der Waals surface area contributed by atoms with Gasteiger partial charge in [-0.3, -0.25) is 4.98 Å². The quantitative estimate of drug-likeness (QED) is 0.708. The van der Waals surface area contributed by atoms with E-state index in [1.807, 2.05) is 30.5 Å². The second-order valence-corrected chi connectivity index (χ2v) is 7.08. The summed E-state index contributed by atoms with van der Waals surface area (Å²) in [5.74, 6) is 1.76.